The topological polar surface area (TPSA) is 220 Å². The van der Waals surface area contributed by atoms with Crippen molar-refractivity contribution in [3.8, 4) is 0 Å². The van der Waals surface area contributed by atoms with Crippen molar-refractivity contribution in [3.05, 3.63) is 0 Å². The molecule has 0 rings (SSSR count). The quantitative estimate of drug-likeness (QED) is 0.0751. The van der Waals surface area contributed by atoms with Crippen molar-refractivity contribution in [2.24, 2.45) is 17.2 Å². The minimum absolute atomic E-state index is 0.0920. The highest BCUT2D eigenvalue weighted by molar-refractivity contribution is 7.98. The average molecular weight is 509 g/mol. The number of thioether (sulfide) groups is 1. The minimum Gasteiger partial charge on any atom is -0.480 e. The van der Waals surface area contributed by atoms with Gasteiger partial charge < -0.3 is 38.3 Å². The predicted octanol–water partition coefficient (Wildman–Crippen LogP) is -2.07. The van der Waals surface area contributed by atoms with E-state index < -0.39 is 53.8 Å². The summed E-state index contributed by atoms with van der Waals surface area (Å²) >= 11 is 5.45. The van der Waals surface area contributed by atoms with E-state index >= 15 is 0 Å². The molecule has 0 aromatic heterocycles. The van der Waals surface area contributed by atoms with Gasteiger partial charge in [-0.2, -0.15) is 24.4 Å². The van der Waals surface area contributed by atoms with Crippen molar-refractivity contribution in [3.63, 3.8) is 0 Å². The van der Waals surface area contributed by atoms with Crippen LogP contribution in [-0.4, -0.2) is 83.2 Å². The van der Waals surface area contributed by atoms with Gasteiger partial charge in [0.05, 0.1) is 6.04 Å². The third kappa shape index (κ3) is 13.3. The molecule has 4 atom stereocenters. The maximum Gasteiger partial charge on any atom is 0.326 e. The zero-order valence-corrected chi connectivity index (χ0v) is 20.5. The van der Waals surface area contributed by atoms with Crippen LogP contribution in [0.15, 0.2) is 0 Å². The number of thiol groups is 1. The summed E-state index contributed by atoms with van der Waals surface area (Å²) in [6, 6.07) is -4.25. The molecular weight excluding hydrogens is 472 g/mol. The summed E-state index contributed by atoms with van der Waals surface area (Å²) in [5.41, 5.74) is 16.2. The zero-order chi connectivity index (χ0) is 25.4. The standard InChI is InChI=1S/C19H36N6O6S2/c1-33-9-7-13(23-16(27)11(21)10-32)18(29)24-12(4-2-3-8-20)17(28)25-14(19(30)31)5-6-15(22)26/h11-14,32H,2-10,20-21H2,1H3,(H2,22,26)(H,23,27)(H,24,29)(H,25,28)(H,30,31). The number of carboxylic acids is 1. The molecule has 0 aliphatic rings. The van der Waals surface area contributed by atoms with Gasteiger partial charge in [0.25, 0.3) is 0 Å². The number of primary amides is 1. The molecule has 4 amide bonds. The first-order valence-corrected chi connectivity index (χ1v) is 12.6. The number of nitrogens with one attached hydrogen (secondary N) is 3. The van der Waals surface area contributed by atoms with Gasteiger partial charge in [-0.25, -0.2) is 4.79 Å². The summed E-state index contributed by atoms with van der Waals surface area (Å²) in [7, 11) is 0. The maximum absolute atomic E-state index is 12.9. The number of carboxylic acid groups (broad SMARTS) is 1. The van der Waals surface area contributed by atoms with Crippen LogP contribution < -0.4 is 33.2 Å². The van der Waals surface area contributed by atoms with Crippen LogP contribution in [-0.2, 0) is 24.0 Å². The second-order valence-corrected chi connectivity index (χ2v) is 8.73. The molecule has 14 heteroatoms. The Labute approximate surface area is 203 Å². The Balaban J connectivity index is 5.43. The monoisotopic (exact) mass is 508 g/mol. The van der Waals surface area contributed by atoms with Crippen LogP contribution in [0.1, 0.15) is 38.5 Å². The van der Waals surface area contributed by atoms with Gasteiger partial charge in [0.15, 0.2) is 0 Å². The SMILES string of the molecule is CSCCC(NC(=O)C(N)CS)C(=O)NC(CCCCN)C(=O)NC(CCC(N)=O)C(=O)O. The normalized spacial score (nSPS) is 14.4. The summed E-state index contributed by atoms with van der Waals surface area (Å²) < 4.78 is 0. The number of aliphatic carboxylic acids is 1. The molecule has 10 N–H and O–H groups in total. The van der Waals surface area contributed by atoms with Gasteiger partial charge in [-0.3, -0.25) is 19.2 Å². The van der Waals surface area contributed by atoms with E-state index in [1.807, 2.05) is 6.26 Å². The number of carbonyl (C=O) groups excluding carboxylic acids is 4. The van der Waals surface area contributed by atoms with E-state index in [1.54, 1.807) is 0 Å². The summed E-state index contributed by atoms with van der Waals surface area (Å²) in [4.78, 5) is 60.3. The molecule has 0 fully saturated rings. The summed E-state index contributed by atoms with van der Waals surface area (Å²) in [5, 5.41) is 16.8. The molecule has 0 aliphatic carbocycles. The van der Waals surface area contributed by atoms with Crippen LogP contribution in [0.5, 0.6) is 0 Å². The molecule has 0 radical (unpaired) electrons. The molecule has 4 unspecified atom stereocenters. The Kier molecular flexibility index (Phi) is 16.4. The molecule has 0 saturated heterocycles. The third-order valence-electron chi connectivity index (χ3n) is 4.65. The lowest BCUT2D eigenvalue weighted by molar-refractivity contribution is -0.142. The van der Waals surface area contributed by atoms with Gasteiger partial charge in [-0.05, 0) is 50.7 Å². The van der Waals surface area contributed by atoms with E-state index in [1.165, 1.54) is 11.8 Å². The van der Waals surface area contributed by atoms with Crippen LogP contribution in [0.3, 0.4) is 0 Å². The van der Waals surface area contributed by atoms with Crippen molar-refractivity contribution in [2.45, 2.75) is 62.7 Å². The van der Waals surface area contributed by atoms with E-state index in [9.17, 15) is 29.1 Å². The smallest absolute Gasteiger partial charge is 0.326 e. The lowest BCUT2D eigenvalue weighted by Crippen LogP contribution is -2.57. The van der Waals surface area contributed by atoms with E-state index in [2.05, 4.69) is 28.6 Å². The summed E-state index contributed by atoms with van der Waals surface area (Å²) in [5.74, 6) is -3.24. The van der Waals surface area contributed by atoms with Gasteiger partial charge >= 0.3 is 5.97 Å². The largest absolute Gasteiger partial charge is 0.480 e. The van der Waals surface area contributed by atoms with E-state index in [-0.39, 0.29) is 25.0 Å². The molecule has 33 heavy (non-hydrogen) atoms. The molecule has 190 valence electrons. The van der Waals surface area contributed by atoms with Crippen molar-refractivity contribution in [1.82, 2.24) is 16.0 Å². The first kappa shape index (κ1) is 31.0. The van der Waals surface area contributed by atoms with Crippen LogP contribution in [0.4, 0.5) is 0 Å². The van der Waals surface area contributed by atoms with Crippen LogP contribution in [0.25, 0.3) is 0 Å². The lowest BCUT2D eigenvalue weighted by atomic mass is 10.1. The third-order valence-corrected chi connectivity index (χ3v) is 5.69. The molecule has 0 spiro atoms. The first-order chi connectivity index (χ1) is 15.6. The van der Waals surface area contributed by atoms with Gasteiger partial charge in [0.1, 0.15) is 18.1 Å². The summed E-state index contributed by atoms with van der Waals surface area (Å²) in [6.07, 6.45) is 3.02. The van der Waals surface area contributed by atoms with Gasteiger partial charge in [-0.1, -0.05) is 0 Å². The van der Waals surface area contributed by atoms with E-state index in [0.29, 0.717) is 31.6 Å². The number of hydrogen-bond acceptors (Lipinski definition) is 9. The average Bonchev–Trinajstić information content (AvgIpc) is 2.77. The van der Waals surface area contributed by atoms with Crippen molar-refractivity contribution in [2.75, 3.05) is 24.3 Å². The highest BCUT2D eigenvalue weighted by Crippen LogP contribution is 2.07. The van der Waals surface area contributed by atoms with E-state index in [0.717, 1.165) is 0 Å². The Hall–Kier alpha value is -2.03. The number of carbonyl (C=O) groups is 5. The Morgan fingerprint density at radius 1 is 0.909 bits per heavy atom. The number of nitrogens with two attached hydrogens (primary N) is 3. The number of hydrogen-bond donors (Lipinski definition) is 8. The molecule has 12 nitrogen and oxygen atoms in total. The van der Waals surface area contributed by atoms with Gasteiger partial charge in [-0.15, -0.1) is 0 Å². The van der Waals surface area contributed by atoms with Crippen LogP contribution >= 0.6 is 24.4 Å². The number of unbranched alkanes of at least 4 members (excludes halogenated alkanes) is 1. The predicted molar refractivity (Wildman–Crippen MR) is 130 cm³/mol. The minimum atomic E-state index is -1.35. The van der Waals surface area contributed by atoms with Crippen LogP contribution in [0, 0.1) is 0 Å². The molecule has 0 aromatic rings. The fourth-order valence-electron chi connectivity index (χ4n) is 2.72. The molecule has 0 aliphatic heterocycles. The molecular formula is C19H36N6O6S2. The molecule has 0 bridgehead atoms. The summed E-state index contributed by atoms with van der Waals surface area (Å²) in [6.45, 7) is 0.382. The van der Waals surface area contributed by atoms with E-state index in [4.69, 9.17) is 17.2 Å². The highest BCUT2D eigenvalue weighted by atomic mass is 32.2. The lowest BCUT2D eigenvalue weighted by Gasteiger charge is -2.25. The second-order valence-electron chi connectivity index (χ2n) is 7.38. The van der Waals surface area contributed by atoms with Gasteiger partial charge in [0.2, 0.25) is 23.6 Å². The number of rotatable bonds is 18. The first-order valence-electron chi connectivity index (χ1n) is 10.5. The van der Waals surface area contributed by atoms with Crippen LogP contribution in [0.2, 0.25) is 0 Å². The second kappa shape index (κ2) is 17.4. The van der Waals surface area contributed by atoms with Crippen molar-refractivity contribution >= 4 is 54.0 Å². The molecule has 0 saturated carbocycles. The zero-order valence-electron chi connectivity index (χ0n) is 18.7. The van der Waals surface area contributed by atoms with Crippen molar-refractivity contribution < 1.29 is 29.1 Å². The fraction of sp³-hybridized carbons (Fsp3) is 0.737. The molecule has 0 aromatic carbocycles. The number of amides is 4. The van der Waals surface area contributed by atoms with Crippen molar-refractivity contribution in [1.29, 1.82) is 0 Å². The molecule has 0 heterocycles. The fourth-order valence-corrected chi connectivity index (χ4v) is 3.35. The van der Waals surface area contributed by atoms with Gasteiger partial charge in [0, 0.05) is 12.2 Å². The Morgan fingerprint density at radius 2 is 1.45 bits per heavy atom. The highest BCUT2D eigenvalue weighted by Gasteiger charge is 2.30. The Bertz CT molecular complexity index is 669. The maximum atomic E-state index is 12.9. The Morgan fingerprint density at radius 3 is 1.94 bits per heavy atom.